The minimum atomic E-state index is 0.0841. The molecule has 4 heteroatoms. The molecule has 0 amide bonds. The summed E-state index contributed by atoms with van der Waals surface area (Å²) in [6.45, 7) is 0.583. The largest absolute Gasteiger partial charge is 0.399 e. The zero-order valence-electron chi connectivity index (χ0n) is 10.1. The molecule has 0 aromatic heterocycles. The van der Waals surface area contributed by atoms with Crippen LogP contribution >= 0.6 is 0 Å². The Kier molecular flexibility index (Phi) is 3.69. The lowest BCUT2D eigenvalue weighted by Crippen LogP contribution is -2.06. The third kappa shape index (κ3) is 2.73. The van der Waals surface area contributed by atoms with Gasteiger partial charge in [-0.15, -0.1) is 0 Å². The second-order valence-corrected chi connectivity index (χ2v) is 4.08. The predicted molar refractivity (Wildman–Crippen MR) is 76.3 cm³/mol. The van der Waals surface area contributed by atoms with Gasteiger partial charge in [-0.2, -0.15) is 0 Å². The van der Waals surface area contributed by atoms with E-state index < -0.39 is 0 Å². The van der Waals surface area contributed by atoms with Gasteiger partial charge in [-0.3, -0.25) is 0 Å². The lowest BCUT2D eigenvalue weighted by atomic mass is 10.0. The highest BCUT2D eigenvalue weighted by atomic mass is 16.3. The molecule has 0 radical (unpaired) electrons. The van der Waals surface area contributed by atoms with Crippen LogP contribution in [-0.2, 0) is 0 Å². The highest BCUT2D eigenvalue weighted by Gasteiger charge is 2.05. The summed E-state index contributed by atoms with van der Waals surface area (Å²) in [4.78, 5) is 0. The van der Waals surface area contributed by atoms with Gasteiger partial charge in [-0.05, 0) is 35.9 Å². The van der Waals surface area contributed by atoms with E-state index >= 15 is 0 Å². The zero-order valence-corrected chi connectivity index (χ0v) is 10.1. The molecular weight excluding hydrogens is 226 g/mol. The Morgan fingerprint density at radius 3 is 2.50 bits per heavy atom. The Hall–Kier alpha value is -2.20. The SMILES string of the molecule is Nc1cccc(-c2cc(N)ccc2NCCO)c1. The van der Waals surface area contributed by atoms with Crippen molar-refractivity contribution in [2.24, 2.45) is 0 Å². The number of nitrogens with two attached hydrogens (primary N) is 2. The van der Waals surface area contributed by atoms with Gasteiger partial charge >= 0.3 is 0 Å². The van der Waals surface area contributed by atoms with Crippen LogP contribution in [0, 0.1) is 0 Å². The van der Waals surface area contributed by atoms with Crippen molar-refractivity contribution in [1.82, 2.24) is 0 Å². The topological polar surface area (TPSA) is 84.3 Å². The van der Waals surface area contributed by atoms with Crippen molar-refractivity contribution in [2.45, 2.75) is 0 Å². The average Bonchev–Trinajstić information content (AvgIpc) is 2.37. The summed E-state index contributed by atoms with van der Waals surface area (Å²) in [5, 5.41) is 12.0. The number of anilines is 3. The number of benzene rings is 2. The monoisotopic (exact) mass is 243 g/mol. The smallest absolute Gasteiger partial charge is 0.0604 e. The van der Waals surface area contributed by atoms with Crippen LogP contribution in [0.4, 0.5) is 17.1 Å². The van der Waals surface area contributed by atoms with Gasteiger partial charge < -0.3 is 21.9 Å². The van der Waals surface area contributed by atoms with Crippen LogP contribution in [0.2, 0.25) is 0 Å². The molecule has 2 aromatic carbocycles. The Labute approximate surface area is 106 Å². The molecule has 2 rings (SSSR count). The number of hydrogen-bond acceptors (Lipinski definition) is 4. The molecule has 6 N–H and O–H groups in total. The fourth-order valence-electron chi connectivity index (χ4n) is 1.85. The highest BCUT2D eigenvalue weighted by molar-refractivity contribution is 5.81. The van der Waals surface area contributed by atoms with Gasteiger partial charge in [-0.25, -0.2) is 0 Å². The first-order valence-corrected chi connectivity index (χ1v) is 5.81. The van der Waals surface area contributed by atoms with Crippen molar-refractivity contribution >= 4 is 17.1 Å². The van der Waals surface area contributed by atoms with Gasteiger partial charge in [0.2, 0.25) is 0 Å². The molecule has 0 atom stereocenters. The lowest BCUT2D eigenvalue weighted by molar-refractivity contribution is 0.311. The normalized spacial score (nSPS) is 10.3. The minimum absolute atomic E-state index is 0.0841. The number of aliphatic hydroxyl groups is 1. The van der Waals surface area contributed by atoms with Crippen LogP contribution in [0.1, 0.15) is 0 Å². The fraction of sp³-hybridized carbons (Fsp3) is 0.143. The molecule has 0 fully saturated rings. The van der Waals surface area contributed by atoms with E-state index in [2.05, 4.69) is 5.32 Å². The Balaban J connectivity index is 2.44. The maximum absolute atomic E-state index is 8.88. The van der Waals surface area contributed by atoms with Crippen molar-refractivity contribution in [1.29, 1.82) is 0 Å². The van der Waals surface area contributed by atoms with Crippen LogP contribution in [0.5, 0.6) is 0 Å². The first kappa shape index (κ1) is 12.3. The van der Waals surface area contributed by atoms with Gasteiger partial charge in [0.15, 0.2) is 0 Å². The van der Waals surface area contributed by atoms with E-state index in [0.717, 1.165) is 16.8 Å². The summed E-state index contributed by atoms with van der Waals surface area (Å²) >= 11 is 0. The molecule has 0 aliphatic heterocycles. The molecule has 0 aliphatic rings. The number of hydrogen-bond donors (Lipinski definition) is 4. The molecule has 0 heterocycles. The van der Waals surface area contributed by atoms with E-state index in [9.17, 15) is 0 Å². The minimum Gasteiger partial charge on any atom is -0.399 e. The van der Waals surface area contributed by atoms with Crippen LogP contribution in [0.3, 0.4) is 0 Å². The summed E-state index contributed by atoms with van der Waals surface area (Å²) in [7, 11) is 0. The van der Waals surface area contributed by atoms with Crippen molar-refractivity contribution in [3.63, 3.8) is 0 Å². The van der Waals surface area contributed by atoms with Crippen LogP contribution in [-0.4, -0.2) is 18.3 Å². The maximum atomic E-state index is 8.88. The first-order chi connectivity index (χ1) is 8.70. The number of nitrogens with one attached hydrogen (secondary N) is 1. The quantitative estimate of drug-likeness (QED) is 0.618. The third-order valence-corrected chi connectivity index (χ3v) is 2.67. The van der Waals surface area contributed by atoms with Crippen LogP contribution < -0.4 is 16.8 Å². The Bertz CT molecular complexity index is 540. The molecule has 0 bridgehead atoms. The van der Waals surface area contributed by atoms with Gasteiger partial charge in [0, 0.05) is 29.2 Å². The van der Waals surface area contributed by atoms with Gasteiger partial charge in [-0.1, -0.05) is 12.1 Å². The Morgan fingerprint density at radius 1 is 1.00 bits per heavy atom. The van der Waals surface area contributed by atoms with Gasteiger partial charge in [0.1, 0.15) is 0 Å². The van der Waals surface area contributed by atoms with E-state index in [-0.39, 0.29) is 6.61 Å². The predicted octanol–water partition coefficient (Wildman–Crippen LogP) is 1.92. The van der Waals surface area contributed by atoms with Crippen molar-refractivity contribution in [3.05, 3.63) is 42.5 Å². The second kappa shape index (κ2) is 5.42. The van der Waals surface area contributed by atoms with Crippen LogP contribution in [0.25, 0.3) is 11.1 Å². The van der Waals surface area contributed by atoms with E-state index in [1.807, 2.05) is 42.5 Å². The molecule has 2 aromatic rings. The molecular formula is C14H17N3O. The first-order valence-electron chi connectivity index (χ1n) is 5.81. The van der Waals surface area contributed by atoms with Crippen molar-refractivity contribution < 1.29 is 5.11 Å². The summed E-state index contributed by atoms with van der Waals surface area (Å²) in [6.07, 6.45) is 0. The maximum Gasteiger partial charge on any atom is 0.0604 e. The average molecular weight is 243 g/mol. The fourth-order valence-corrected chi connectivity index (χ4v) is 1.85. The molecule has 18 heavy (non-hydrogen) atoms. The Morgan fingerprint density at radius 2 is 1.78 bits per heavy atom. The molecule has 0 unspecified atom stereocenters. The second-order valence-electron chi connectivity index (χ2n) is 4.08. The van der Waals surface area contributed by atoms with Crippen molar-refractivity contribution in [2.75, 3.05) is 29.9 Å². The number of rotatable bonds is 4. The van der Waals surface area contributed by atoms with E-state index in [1.54, 1.807) is 0 Å². The lowest BCUT2D eigenvalue weighted by Gasteiger charge is -2.12. The third-order valence-electron chi connectivity index (χ3n) is 2.67. The molecule has 4 nitrogen and oxygen atoms in total. The summed E-state index contributed by atoms with van der Waals surface area (Å²) in [5.74, 6) is 0. The van der Waals surface area contributed by atoms with E-state index in [0.29, 0.717) is 17.9 Å². The van der Waals surface area contributed by atoms with Crippen LogP contribution in [0.15, 0.2) is 42.5 Å². The summed E-state index contributed by atoms with van der Waals surface area (Å²) in [6, 6.07) is 13.3. The molecule has 0 saturated heterocycles. The standard InChI is InChI=1S/C14H17N3O/c15-11-3-1-2-10(8-11)13-9-12(16)4-5-14(13)17-6-7-18/h1-5,8-9,17-18H,6-7,15-16H2. The summed E-state index contributed by atoms with van der Waals surface area (Å²) in [5.41, 5.74) is 15.9. The number of nitrogen functional groups attached to an aromatic ring is 2. The molecule has 0 saturated carbocycles. The molecule has 0 spiro atoms. The number of aliphatic hydroxyl groups excluding tert-OH is 1. The zero-order chi connectivity index (χ0) is 13.0. The molecule has 94 valence electrons. The highest BCUT2D eigenvalue weighted by Crippen LogP contribution is 2.30. The van der Waals surface area contributed by atoms with Gasteiger partial charge in [0.05, 0.1) is 6.61 Å². The summed E-state index contributed by atoms with van der Waals surface area (Å²) < 4.78 is 0. The van der Waals surface area contributed by atoms with E-state index in [4.69, 9.17) is 16.6 Å². The molecule has 0 aliphatic carbocycles. The van der Waals surface area contributed by atoms with Crippen molar-refractivity contribution in [3.8, 4) is 11.1 Å². The van der Waals surface area contributed by atoms with Gasteiger partial charge in [0.25, 0.3) is 0 Å². The van der Waals surface area contributed by atoms with E-state index in [1.165, 1.54) is 0 Å².